The van der Waals surface area contributed by atoms with Gasteiger partial charge in [-0.3, -0.25) is 9.59 Å². The molecule has 0 aliphatic carbocycles. The SMILES string of the molecule is CC(C)COC(=O)CCC(=O)OCc1cc(F)c(F)c(F)c1. The van der Waals surface area contributed by atoms with Gasteiger partial charge in [0.05, 0.1) is 19.4 Å². The average Bonchev–Trinajstić information content (AvgIpc) is 2.46. The number of hydrogen-bond donors (Lipinski definition) is 0. The van der Waals surface area contributed by atoms with E-state index in [9.17, 15) is 22.8 Å². The van der Waals surface area contributed by atoms with Crippen LogP contribution in [0.3, 0.4) is 0 Å². The van der Waals surface area contributed by atoms with Gasteiger partial charge in [-0.1, -0.05) is 13.8 Å². The standard InChI is InChI=1S/C15H17F3O4/c1-9(2)7-21-13(19)3-4-14(20)22-8-10-5-11(16)15(18)12(17)6-10/h5-6,9H,3-4,7-8H2,1-2H3. The summed E-state index contributed by atoms with van der Waals surface area (Å²) in [7, 11) is 0. The Kier molecular flexibility index (Phi) is 6.88. The summed E-state index contributed by atoms with van der Waals surface area (Å²) in [4.78, 5) is 22.7. The number of hydrogen-bond acceptors (Lipinski definition) is 4. The Morgan fingerprint density at radius 1 is 1.00 bits per heavy atom. The molecule has 0 aliphatic heterocycles. The van der Waals surface area contributed by atoms with Gasteiger partial charge in [0.25, 0.3) is 0 Å². The van der Waals surface area contributed by atoms with Crippen molar-refractivity contribution in [1.82, 2.24) is 0 Å². The second-order valence-electron chi connectivity index (χ2n) is 5.11. The van der Waals surface area contributed by atoms with E-state index in [-0.39, 0.29) is 30.9 Å². The minimum absolute atomic E-state index is 0.0212. The number of halogens is 3. The topological polar surface area (TPSA) is 52.6 Å². The van der Waals surface area contributed by atoms with Crippen LogP contribution in [-0.4, -0.2) is 18.5 Å². The third kappa shape index (κ3) is 6.15. The molecule has 7 heteroatoms. The van der Waals surface area contributed by atoms with Crippen LogP contribution in [0.25, 0.3) is 0 Å². The zero-order chi connectivity index (χ0) is 16.7. The maximum Gasteiger partial charge on any atom is 0.306 e. The minimum atomic E-state index is -1.58. The molecule has 0 saturated carbocycles. The summed E-state index contributed by atoms with van der Waals surface area (Å²) in [5.41, 5.74) is -0.0212. The monoisotopic (exact) mass is 318 g/mol. The first-order valence-corrected chi connectivity index (χ1v) is 6.74. The fourth-order valence-corrected chi connectivity index (χ4v) is 1.46. The Bertz CT molecular complexity index is 521. The zero-order valence-corrected chi connectivity index (χ0v) is 12.3. The molecule has 0 aromatic heterocycles. The summed E-state index contributed by atoms with van der Waals surface area (Å²) in [6, 6.07) is 1.48. The van der Waals surface area contributed by atoms with Gasteiger partial charge < -0.3 is 9.47 Å². The van der Waals surface area contributed by atoms with Crippen LogP contribution in [0.4, 0.5) is 13.2 Å². The lowest BCUT2D eigenvalue weighted by atomic mass is 10.2. The second-order valence-corrected chi connectivity index (χ2v) is 5.11. The molecule has 0 saturated heterocycles. The van der Waals surface area contributed by atoms with Crippen molar-refractivity contribution in [3.63, 3.8) is 0 Å². The van der Waals surface area contributed by atoms with Crippen molar-refractivity contribution in [2.24, 2.45) is 5.92 Å². The van der Waals surface area contributed by atoms with E-state index in [1.807, 2.05) is 13.8 Å². The molecule has 0 spiro atoms. The number of rotatable bonds is 7. The predicted molar refractivity (Wildman–Crippen MR) is 71.1 cm³/mol. The Balaban J connectivity index is 2.36. The molecule has 0 fully saturated rings. The van der Waals surface area contributed by atoms with E-state index in [1.54, 1.807) is 0 Å². The Hall–Kier alpha value is -2.05. The summed E-state index contributed by atoms with van der Waals surface area (Å²) in [6.07, 6.45) is -0.346. The maximum absolute atomic E-state index is 13.0. The number of benzene rings is 1. The molecular weight excluding hydrogens is 301 g/mol. The van der Waals surface area contributed by atoms with Crippen molar-refractivity contribution in [3.05, 3.63) is 35.1 Å². The van der Waals surface area contributed by atoms with Crippen LogP contribution in [0.2, 0.25) is 0 Å². The average molecular weight is 318 g/mol. The van der Waals surface area contributed by atoms with Gasteiger partial charge in [-0.05, 0) is 23.6 Å². The van der Waals surface area contributed by atoms with Gasteiger partial charge in [-0.2, -0.15) is 0 Å². The summed E-state index contributed by atoms with van der Waals surface area (Å²) in [5, 5.41) is 0. The Morgan fingerprint density at radius 3 is 2.00 bits per heavy atom. The highest BCUT2D eigenvalue weighted by Gasteiger charge is 2.13. The molecule has 0 amide bonds. The highest BCUT2D eigenvalue weighted by atomic mass is 19.2. The molecule has 0 heterocycles. The van der Waals surface area contributed by atoms with Gasteiger partial charge in [-0.25, -0.2) is 13.2 Å². The fraction of sp³-hybridized carbons (Fsp3) is 0.467. The van der Waals surface area contributed by atoms with Crippen molar-refractivity contribution in [2.45, 2.75) is 33.3 Å². The highest BCUT2D eigenvalue weighted by molar-refractivity contribution is 5.77. The van der Waals surface area contributed by atoms with Crippen molar-refractivity contribution >= 4 is 11.9 Å². The number of ether oxygens (including phenoxy) is 2. The number of carbonyl (C=O) groups is 2. The second kappa shape index (κ2) is 8.41. The van der Waals surface area contributed by atoms with Gasteiger partial charge >= 0.3 is 11.9 Å². The smallest absolute Gasteiger partial charge is 0.306 e. The summed E-state index contributed by atoms with van der Waals surface area (Å²) in [5.74, 6) is -5.34. The quantitative estimate of drug-likeness (QED) is 0.572. The van der Waals surface area contributed by atoms with E-state index in [0.29, 0.717) is 0 Å². The first-order chi connectivity index (χ1) is 10.3. The lowest BCUT2D eigenvalue weighted by Gasteiger charge is -2.08. The van der Waals surface area contributed by atoms with Crippen molar-refractivity contribution in [3.8, 4) is 0 Å². The highest BCUT2D eigenvalue weighted by Crippen LogP contribution is 2.14. The zero-order valence-electron chi connectivity index (χ0n) is 12.3. The molecule has 0 unspecified atom stereocenters. The molecule has 0 bridgehead atoms. The van der Waals surface area contributed by atoms with E-state index in [2.05, 4.69) is 0 Å². The van der Waals surface area contributed by atoms with Crippen molar-refractivity contribution in [1.29, 1.82) is 0 Å². The molecule has 0 aliphatic rings. The van der Waals surface area contributed by atoms with Crippen LogP contribution in [0.5, 0.6) is 0 Å². The largest absolute Gasteiger partial charge is 0.465 e. The summed E-state index contributed by atoms with van der Waals surface area (Å²) >= 11 is 0. The van der Waals surface area contributed by atoms with Crippen LogP contribution in [-0.2, 0) is 25.7 Å². The van der Waals surface area contributed by atoms with Crippen LogP contribution in [0.1, 0.15) is 32.3 Å². The van der Waals surface area contributed by atoms with Gasteiger partial charge in [0, 0.05) is 0 Å². The fourth-order valence-electron chi connectivity index (χ4n) is 1.46. The van der Waals surface area contributed by atoms with E-state index >= 15 is 0 Å². The number of esters is 2. The van der Waals surface area contributed by atoms with Gasteiger partial charge in [-0.15, -0.1) is 0 Å². The Labute approximate surface area is 126 Å². The third-order valence-electron chi connectivity index (χ3n) is 2.55. The van der Waals surface area contributed by atoms with E-state index < -0.39 is 36.0 Å². The molecule has 1 aromatic carbocycles. The van der Waals surface area contributed by atoms with Crippen LogP contribution >= 0.6 is 0 Å². The van der Waals surface area contributed by atoms with E-state index in [1.165, 1.54) is 0 Å². The molecular formula is C15H17F3O4. The predicted octanol–water partition coefficient (Wildman–Crippen LogP) is 3.13. The normalized spacial score (nSPS) is 10.6. The van der Waals surface area contributed by atoms with Crippen molar-refractivity contribution in [2.75, 3.05) is 6.61 Å². The van der Waals surface area contributed by atoms with Crippen LogP contribution < -0.4 is 0 Å². The maximum atomic E-state index is 13.0. The lowest BCUT2D eigenvalue weighted by molar-refractivity contribution is -0.151. The van der Waals surface area contributed by atoms with Crippen LogP contribution in [0.15, 0.2) is 12.1 Å². The first kappa shape index (κ1) is 18.0. The molecule has 0 N–H and O–H groups in total. The van der Waals surface area contributed by atoms with Gasteiger partial charge in [0.1, 0.15) is 6.61 Å². The molecule has 0 atom stereocenters. The van der Waals surface area contributed by atoms with E-state index in [4.69, 9.17) is 9.47 Å². The first-order valence-electron chi connectivity index (χ1n) is 6.74. The van der Waals surface area contributed by atoms with Gasteiger partial charge in [0.2, 0.25) is 0 Å². The molecule has 4 nitrogen and oxygen atoms in total. The summed E-state index contributed by atoms with van der Waals surface area (Å²) < 4.78 is 48.3. The van der Waals surface area contributed by atoms with Crippen molar-refractivity contribution < 1.29 is 32.2 Å². The summed E-state index contributed by atoms with van der Waals surface area (Å²) in [6.45, 7) is 3.61. The van der Waals surface area contributed by atoms with E-state index in [0.717, 1.165) is 12.1 Å². The molecule has 1 rings (SSSR count). The third-order valence-corrected chi connectivity index (χ3v) is 2.55. The molecule has 1 aromatic rings. The lowest BCUT2D eigenvalue weighted by Crippen LogP contribution is -2.13. The number of carbonyl (C=O) groups excluding carboxylic acids is 2. The van der Waals surface area contributed by atoms with Crippen LogP contribution in [0, 0.1) is 23.4 Å². The molecule has 0 radical (unpaired) electrons. The van der Waals surface area contributed by atoms with Gasteiger partial charge in [0.15, 0.2) is 17.5 Å². The molecule has 122 valence electrons. The Morgan fingerprint density at radius 2 is 1.50 bits per heavy atom. The molecule has 22 heavy (non-hydrogen) atoms. The minimum Gasteiger partial charge on any atom is -0.465 e.